The van der Waals surface area contributed by atoms with Gasteiger partial charge in [-0.2, -0.15) is 0 Å². The van der Waals surface area contributed by atoms with Gasteiger partial charge in [-0.25, -0.2) is 4.79 Å². The van der Waals surface area contributed by atoms with Crippen LogP contribution in [0.5, 0.6) is 0 Å². The van der Waals surface area contributed by atoms with E-state index in [2.05, 4.69) is 0 Å². The van der Waals surface area contributed by atoms with Crippen molar-refractivity contribution in [2.24, 2.45) is 5.41 Å². The van der Waals surface area contributed by atoms with Gasteiger partial charge in [-0.1, -0.05) is 32.9 Å². The fourth-order valence-corrected chi connectivity index (χ4v) is 1.45. The molecule has 1 N–H and O–H groups in total. The molecule has 3 nitrogen and oxygen atoms in total. The highest BCUT2D eigenvalue weighted by atomic mass is 16.4. The molecule has 0 spiro atoms. The van der Waals surface area contributed by atoms with Crippen molar-refractivity contribution >= 4 is 11.8 Å². The Bertz CT molecular complexity index is 410. The number of hydrogen-bond donors (Lipinski definition) is 1. The first-order valence-electron chi connectivity index (χ1n) is 5.66. The van der Waals surface area contributed by atoms with Gasteiger partial charge in [0.25, 0.3) is 0 Å². The van der Waals surface area contributed by atoms with E-state index in [1.165, 1.54) is 0 Å². The summed E-state index contributed by atoms with van der Waals surface area (Å²) in [7, 11) is 0. The second-order valence-corrected chi connectivity index (χ2v) is 5.18. The Kier molecular flexibility index (Phi) is 4.05. The van der Waals surface area contributed by atoms with Crippen LogP contribution in [0.2, 0.25) is 0 Å². The number of rotatable bonds is 4. The van der Waals surface area contributed by atoms with E-state index in [1.54, 1.807) is 24.3 Å². The number of carboxylic acid groups (broad SMARTS) is 1. The summed E-state index contributed by atoms with van der Waals surface area (Å²) in [5.74, 6) is -0.706. The van der Waals surface area contributed by atoms with Crippen molar-refractivity contribution < 1.29 is 14.7 Å². The first kappa shape index (κ1) is 13.4. The Morgan fingerprint density at radius 3 is 2.06 bits per heavy atom. The van der Waals surface area contributed by atoms with Gasteiger partial charge in [-0.15, -0.1) is 0 Å². The smallest absolute Gasteiger partial charge is 0.335 e. The summed E-state index contributed by atoms with van der Waals surface area (Å²) in [5.41, 5.74) is 0.963. The highest BCUT2D eigenvalue weighted by Gasteiger charge is 2.20. The molecule has 0 unspecified atom stereocenters. The first-order valence-corrected chi connectivity index (χ1v) is 5.66. The fourth-order valence-electron chi connectivity index (χ4n) is 1.45. The van der Waals surface area contributed by atoms with E-state index < -0.39 is 5.97 Å². The minimum Gasteiger partial charge on any atom is -0.478 e. The van der Waals surface area contributed by atoms with Crippen molar-refractivity contribution in [3.05, 3.63) is 35.4 Å². The molecule has 0 saturated carbocycles. The molecule has 0 amide bonds. The zero-order valence-corrected chi connectivity index (χ0v) is 10.5. The van der Waals surface area contributed by atoms with E-state index in [0.717, 1.165) is 5.56 Å². The molecule has 0 bridgehead atoms. The van der Waals surface area contributed by atoms with E-state index in [-0.39, 0.29) is 16.8 Å². The van der Waals surface area contributed by atoms with Gasteiger partial charge in [0.05, 0.1) is 5.56 Å². The summed E-state index contributed by atoms with van der Waals surface area (Å²) in [6, 6.07) is 6.66. The lowest BCUT2D eigenvalue weighted by atomic mass is 9.87. The molecule has 92 valence electrons. The van der Waals surface area contributed by atoms with Crippen LogP contribution in [0, 0.1) is 5.41 Å². The fraction of sp³-hybridized carbons (Fsp3) is 0.429. The number of carbonyl (C=O) groups excluding carboxylic acids is 1. The summed E-state index contributed by atoms with van der Waals surface area (Å²) >= 11 is 0. The third-order valence-corrected chi connectivity index (χ3v) is 2.68. The SMILES string of the molecule is CC(C)(C)C(=O)CCc1ccc(C(=O)O)cc1. The molecule has 0 atom stereocenters. The maximum atomic E-state index is 11.7. The molecular formula is C14H18O3. The number of aryl methyl sites for hydroxylation is 1. The summed E-state index contributed by atoms with van der Waals surface area (Å²) in [6.07, 6.45) is 1.16. The molecule has 1 aromatic rings. The van der Waals surface area contributed by atoms with Gasteiger partial charge >= 0.3 is 5.97 Å². The van der Waals surface area contributed by atoms with Crippen LogP contribution in [0.1, 0.15) is 43.1 Å². The minimum absolute atomic E-state index is 0.222. The Morgan fingerprint density at radius 1 is 1.12 bits per heavy atom. The Balaban J connectivity index is 2.59. The van der Waals surface area contributed by atoms with Crippen LogP contribution in [0.3, 0.4) is 0 Å². The second-order valence-electron chi connectivity index (χ2n) is 5.18. The van der Waals surface area contributed by atoms with Gasteiger partial charge in [0.2, 0.25) is 0 Å². The van der Waals surface area contributed by atoms with Crippen molar-refractivity contribution in [3.63, 3.8) is 0 Å². The molecule has 0 aliphatic carbocycles. The normalized spacial score (nSPS) is 11.2. The molecule has 0 fully saturated rings. The molecule has 3 heteroatoms. The molecule has 0 aromatic heterocycles. The third-order valence-electron chi connectivity index (χ3n) is 2.68. The number of ketones is 1. The first-order chi connectivity index (χ1) is 7.80. The van der Waals surface area contributed by atoms with E-state index in [4.69, 9.17) is 5.11 Å². The average molecular weight is 234 g/mol. The van der Waals surface area contributed by atoms with Crippen LogP contribution in [0.15, 0.2) is 24.3 Å². The zero-order valence-electron chi connectivity index (χ0n) is 10.5. The van der Waals surface area contributed by atoms with E-state index in [9.17, 15) is 9.59 Å². The highest BCUT2D eigenvalue weighted by molar-refractivity contribution is 5.87. The quantitative estimate of drug-likeness (QED) is 0.871. The predicted octanol–water partition coefficient (Wildman–Crippen LogP) is 2.93. The lowest BCUT2D eigenvalue weighted by molar-refractivity contribution is -0.126. The largest absolute Gasteiger partial charge is 0.478 e. The molecule has 0 saturated heterocycles. The highest BCUT2D eigenvalue weighted by Crippen LogP contribution is 2.18. The summed E-state index contributed by atoms with van der Waals surface area (Å²) in [5, 5.41) is 8.75. The van der Waals surface area contributed by atoms with Gasteiger partial charge in [0, 0.05) is 11.8 Å². The molecule has 0 aliphatic heterocycles. The van der Waals surface area contributed by atoms with Crippen LogP contribution in [-0.4, -0.2) is 16.9 Å². The van der Waals surface area contributed by atoms with Crippen molar-refractivity contribution in [2.45, 2.75) is 33.6 Å². The van der Waals surface area contributed by atoms with E-state index in [0.29, 0.717) is 12.8 Å². The molecule has 1 rings (SSSR count). The summed E-state index contributed by atoms with van der Waals surface area (Å²) < 4.78 is 0. The number of aromatic carboxylic acids is 1. The Hall–Kier alpha value is -1.64. The number of carboxylic acids is 1. The third kappa shape index (κ3) is 4.02. The molecule has 0 radical (unpaired) electrons. The van der Waals surface area contributed by atoms with Gasteiger partial charge < -0.3 is 5.11 Å². The van der Waals surface area contributed by atoms with Gasteiger partial charge in [-0.05, 0) is 24.1 Å². The standard InChI is InChI=1S/C14H18O3/c1-14(2,3)12(15)9-6-10-4-7-11(8-5-10)13(16)17/h4-5,7-8H,6,9H2,1-3H3,(H,16,17). The maximum Gasteiger partial charge on any atom is 0.335 e. The van der Waals surface area contributed by atoms with Gasteiger partial charge in [0.1, 0.15) is 5.78 Å². The lowest BCUT2D eigenvalue weighted by Gasteiger charge is -2.16. The van der Waals surface area contributed by atoms with E-state index >= 15 is 0 Å². The molecule has 17 heavy (non-hydrogen) atoms. The number of Topliss-reactive ketones (excluding diaryl/α,β-unsaturated/α-hetero) is 1. The van der Waals surface area contributed by atoms with Crippen LogP contribution in [-0.2, 0) is 11.2 Å². The van der Waals surface area contributed by atoms with Crippen LogP contribution in [0.4, 0.5) is 0 Å². The Labute approximate surface area is 101 Å². The number of benzene rings is 1. The lowest BCUT2D eigenvalue weighted by Crippen LogP contribution is -2.20. The summed E-state index contributed by atoms with van der Waals surface area (Å²) in [4.78, 5) is 22.4. The van der Waals surface area contributed by atoms with Crippen molar-refractivity contribution in [1.82, 2.24) is 0 Å². The maximum absolute atomic E-state index is 11.7. The van der Waals surface area contributed by atoms with Crippen LogP contribution < -0.4 is 0 Å². The van der Waals surface area contributed by atoms with Crippen molar-refractivity contribution in [3.8, 4) is 0 Å². The van der Waals surface area contributed by atoms with Crippen LogP contribution in [0.25, 0.3) is 0 Å². The molecule has 1 aromatic carbocycles. The van der Waals surface area contributed by atoms with Crippen LogP contribution >= 0.6 is 0 Å². The number of carbonyl (C=O) groups is 2. The minimum atomic E-state index is -0.928. The summed E-state index contributed by atoms with van der Waals surface area (Å²) in [6.45, 7) is 5.72. The van der Waals surface area contributed by atoms with Gasteiger partial charge in [0.15, 0.2) is 0 Å². The second kappa shape index (κ2) is 5.13. The average Bonchev–Trinajstić information content (AvgIpc) is 2.25. The number of hydrogen-bond acceptors (Lipinski definition) is 2. The van der Waals surface area contributed by atoms with Gasteiger partial charge in [-0.3, -0.25) is 4.79 Å². The topological polar surface area (TPSA) is 54.4 Å². The van der Waals surface area contributed by atoms with E-state index in [1.807, 2.05) is 20.8 Å². The molecule has 0 aliphatic rings. The molecular weight excluding hydrogens is 216 g/mol. The van der Waals surface area contributed by atoms with Crippen molar-refractivity contribution in [1.29, 1.82) is 0 Å². The monoisotopic (exact) mass is 234 g/mol. The Morgan fingerprint density at radius 2 is 1.65 bits per heavy atom. The molecule has 0 heterocycles. The van der Waals surface area contributed by atoms with Crippen molar-refractivity contribution in [2.75, 3.05) is 0 Å². The zero-order chi connectivity index (χ0) is 13.1. The predicted molar refractivity (Wildman–Crippen MR) is 66.2 cm³/mol.